The Morgan fingerprint density at radius 3 is 2.50 bits per heavy atom. The maximum Gasteiger partial charge on any atom is 0.320 e. The molecule has 2 saturated heterocycles. The van der Waals surface area contributed by atoms with Crippen LogP contribution in [0, 0.1) is 5.92 Å². The van der Waals surface area contributed by atoms with Gasteiger partial charge < -0.3 is 14.5 Å². The number of urea groups is 1. The number of morpholine rings is 1. The van der Waals surface area contributed by atoms with E-state index in [-0.39, 0.29) is 6.03 Å². The van der Waals surface area contributed by atoms with Crippen molar-refractivity contribution in [2.45, 2.75) is 31.7 Å². The second kappa shape index (κ2) is 4.24. The van der Waals surface area contributed by atoms with E-state index < -0.39 is 0 Å². The number of nitrogens with zero attached hydrogens (tertiary/aromatic N) is 2. The van der Waals surface area contributed by atoms with Gasteiger partial charge in [0, 0.05) is 25.7 Å². The van der Waals surface area contributed by atoms with Gasteiger partial charge in [0.25, 0.3) is 0 Å². The molecule has 0 aromatic rings. The predicted octanol–water partition coefficient (Wildman–Crippen LogP) is 1.31. The molecule has 0 aromatic carbocycles. The van der Waals surface area contributed by atoms with Crippen LogP contribution in [0.2, 0.25) is 0 Å². The molecule has 90 valence electrons. The predicted molar refractivity (Wildman–Crippen MR) is 60.2 cm³/mol. The van der Waals surface area contributed by atoms with Crippen LogP contribution >= 0.6 is 0 Å². The lowest BCUT2D eigenvalue weighted by atomic mass is 10.1. The molecule has 4 nitrogen and oxygen atoms in total. The number of ether oxygens (including phenoxy) is 1. The first-order valence-electron chi connectivity index (χ1n) is 6.49. The van der Waals surface area contributed by atoms with E-state index >= 15 is 0 Å². The van der Waals surface area contributed by atoms with Gasteiger partial charge in [-0.15, -0.1) is 0 Å². The highest BCUT2D eigenvalue weighted by Crippen LogP contribution is 2.40. The summed E-state index contributed by atoms with van der Waals surface area (Å²) >= 11 is 0. The van der Waals surface area contributed by atoms with E-state index in [4.69, 9.17) is 4.74 Å². The maximum absolute atomic E-state index is 12.3. The average molecular weight is 224 g/mol. The number of rotatable bonds is 1. The lowest BCUT2D eigenvalue weighted by Gasteiger charge is -2.34. The topological polar surface area (TPSA) is 32.8 Å². The van der Waals surface area contributed by atoms with Crippen molar-refractivity contribution in [2.75, 3.05) is 32.8 Å². The number of hydrogen-bond donors (Lipinski definition) is 0. The summed E-state index contributed by atoms with van der Waals surface area (Å²) in [6.07, 6.45) is 5.08. The van der Waals surface area contributed by atoms with Crippen LogP contribution in [0.1, 0.15) is 25.7 Å². The third-order valence-electron chi connectivity index (χ3n) is 3.99. The molecule has 0 N–H and O–H groups in total. The Hall–Kier alpha value is -0.770. The maximum atomic E-state index is 12.3. The average Bonchev–Trinajstić information content (AvgIpc) is 3.07. The van der Waals surface area contributed by atoms with Gasteiger partial charge in [0.1, 0.15) is 0 Å². The smallest absolute Gasteiger partial charge is 0.320 e. The zero-order chi connectivity index (χ0) is 11.0. The lowest BCUT2D eigenvalue weighted by Crippen LogP contribution is -2.50. The van der Waals surface area contributed by atoms with Crippen molar-refractivity contribution in [3.8, 4) is 0 Å². The highest BCUT2D eigenvalue weighted by Gasteiger charge is 2.41. The van der Waals surface area contributed by atoms with Crippen molar-refractivity contribution in [2.24, 2.45) is 5.92 Å². The first-order valence-corrected chi connectivity index (χ1v) is 6.49. The Labute approximate surface area is 96.5 Å². The first-order chi connectivity index (χ1) is 7.86. The molecule has 4 heteroatoms. The van der Waals surface area contributed by atoms with E-state index in [2.05, 4.69) is 4.90 Å². The van der Waals surface area contributed by atoms with Gasteiger partial charge in [0.15, 0.2) is 0 Å². The van der Waals surface area contributed by atoms with Crippen LogP contribution in [0.5, 0.6) is 0 Å². The zero-order valence-electron chi connectivity index (χ0n) is 9.73. The fourth-order valence-corrected chi connectivity index (χ4v) is 2.94. The zero-order valence-corrected chi connectivity index (χ0v) is 9.73. The number of likely N-dealkylation sites (tertiary alicyclic amines) is 1. The Morgan fingerprint density at radius 2 is 1.81 bits per heavy atom. The van der Waals surface area contributed by atoms with Crippen molar-refractivity contribution in [3.05, 3.63) is 0 Å². The van der Waals surface area contributed by atoms with Crippen molar-refractivity contribution in [1.82, 2.24) is 9.80 Å². The highest BCUT2D eigenvalue weighted by atomic mass is 16.5. The van der Waals surface area contributed by atoms with Gasteiger partial charge in [-0.2, -0.15) is 0 Å². The molecule has 16 heavy (non-hydrogen) atoms. The molecule has 1 unspecified atom stereocenters. The molecule has 0 bridgehead atoms. The van der Waals surface area contributed by atoms with Gasteiger partial charge in [-0.1, -0.05) is 0 Å². The molecule has 2 heterocycles. The summed E-state index contributed by atoms with van der Waals surface area (Å²) < 4.78 is 5.29. The van der Waals surface area contributed by atoms with Crippen molar-refractivity contribution in [1.29, 1.82) is 0 Å². The molecule has 0 aromatic heterocycles. The summed E-state index contributed by atoms with van der Waals surface area (Å²) in [4.78, 5) is 16.4. The van der Waals surface area contributed by atoms with E-state index in [0.717, 1.165) is 25.6 Å². The van der Waals surface area contributed by atoms with Crippen LogP contribution in [0.3, 0.4) is 0 Å². The fraction of sp³-hybridized carbons (Fsp3) is 0.917. The summed E-state index contributed by atoms with van der Waals surface area (Å²) in [5.41, 5.74) is 0. The molecule has 3 rings (SSSR count). The number of carbonyl (C=O) groups is 1. The molecule has 0 spiro atoms. The molecule has 0 radical (unpaired) electrons. The first kappa shape index (κ1) is 10.4. The SMILES string of the molecule is O=C(N1CCOCC1)N1CCCC1C1CC1. The molecule has 1 saturated carbocycles. The third kappa shape index (κ3) is 1.90. The Balaban J connectivity index is 1.63. The Morgan fingerprint density at radius 1 is 1.06 bits per heavy atom. The minimum Gasteiger partial charge on any atom is -0.378 e. The molecule has 3 fully saturated rings. The van der Waals surface area contributed by atoms with Crippen LogP contribution in [-0.4, -0.2) is 54.7 Å². The van der Waals surface area contributed by atoms with Gasteiger partial charge in [-0.3, -0.25) is 0 Å². The second-order valence-electron chi connectivity index (χ2n) is 5.12. The summed E-state index contributed by atoms with van der Waals surface area (Å²) in [5, 5.41) is 0. The number of carbonyl (C=O) groups excluding carboxylic acids is 1. The van der Waals surface area contributed by atoms with E-state index in [1.54, 1.807) is 0 Å². The summed E-state index contributed by atoms with van der Waals surface area (Å²) in [5.74, 6) is 0.812. The van der Waals surface area contributed by atoms with E-state index in [1.807, 2.05) is 4.90 Å². The van der Waals surface area contributed by atoms with Crippen LogP contribution in [-0.2, 0) is 4.74 Å². The quantitative estimate of drug-likeness (QED) is 0.673. The highest BCUT2D eigenvalue weighted by molar-refractivity contribution is 5.75. The fourth-order valence-electron chi connectivity index (χ4n) is 2.94. The number of hydrogen-bond acceptors (Lipinski definition) is 2. The molecule has 2 amide bonds. The molecule has 2 aliphatic heterocycles. The molecule has 1 aliphatic carbocycles. The van der Waals surface area contributed by atoms with E-state index in [1.165, 1.54) is 25.7 Å². The standard InChI is InChI=1S/C12H20N2O2/c15-12(13-6-8-16-9-7-13)14-5-1-2-11(14)10-3-4-10/h10-11H,1-9H2. The molecule has 3 aliphatic rings. The summed E-state index contributed by atoms with van der Waals surface area (Å²) in [6.45, 7) is 3.91. The van der Waals surface area contributed by atoms with Gasteiger partial charge in [-0.05, 0) is 31.6 Å². The Bertz CT molecular complexity index is 272. The Kier molecular flexibility index (Phi) is 2.75. The monoisotopic (exact) mass is 224 g/mol. The minimum atomic E-state index is 0.262. The van der Waals surface area contributed by atoms with Crippen LogP contribution in [0.15, 0.2) is 0 Å². The minimum absolute atomic E-state index is 0.262. The normalized spacial score (nSPS) is 30.9. The molecular weight excluding hydrogens is 204 g/mol. The van der Waals surface area contributed by atoms with Crippen molar-refractivity contribution < 1.29 is 9.53 Å². The van der Waals surface area contributed by atoms with Crippen LogP contribution in [0.25, 0.3) is 0 Å². The number of amides is 2. The van der Waals surface area contributed by atoms with Gasteiger partial charge in [0.2, 0.25) is 0 Å². The van der Waals surface area contributed by atoms with Gasteiger partial charge in [0.05, 0.1) is 13.2 Å². The van der Waals surface area contributed by atoms with E-state index in [0.29, 0.717) is 19.3 Å². The summed E-state index contributed by atoms with van der Waals surface area (Å²) in [7, 11) is 0. The van der Waals surface area contributed by atoms with Crippen LogP contribution in [0.4, 0.5) is 4.79 Å². The van der Waals surface area contributed by atoms with Crippen molar-refractivity contribution in [3.63, 3.8) is 0 Å². The molecule has 1 atom stereocenters. The molecular formula is C12H20N2O2. The van der Waals surface area contributed by atoms with Crippen LogP contribution < -0.4 is 0 Å². The lowest BCUT2D eigenvalue weighted by molar-refractivity contribution is 0.0414. The van der Waals surface area contributed by atoms with Gasteiger partial charge in [-0.25, -0.2) is 4.79 Å². The summed E-state index contributed by atoms with van der Waals surface area (Å²) in [6, 6.07) is 0.813. The largest absolute Gasteiger partial charge is 0.378 e. The van der Waals surface area contributed by atoms with Gasteiger partial charge >= 0.3 is 6.03 Å². The second-order valence-corrected chi connectivity index (χ2v) is 5.12. The van der Waals surface area contributed by atoms with E-state index in [9.17, 15) is 4.79 Å². The third-order valence-corrected chi connectivity index (χ3v) is 3.99. The van der Waals surface area contributed by atoms with Crippen molar-refractivity contribution >= 4 is 6.03 Å².